The summed E-state index contributed by atoms with van der Waals surface area (Å²) in [6, 6.07) is 0. The fourth-order valence-corrected chi connectivity index (χ4v) is 2.29. The lowest BCUT2D eigenvalue weighted by Crippen LogP contribution is -2.11. The van der Waals surface area contributed by atoms with Crippen LogP contribution in [0.1, 0.15) is 64.7 Å². The first-order valence-corrected chi connectivity index (χ1v) is 7.81. The van der Waals surface area contributed by atoms with Gasteiger partial charge in [-0.05, 0) is 6.42 Å². The normalized spacial score (nSPS) is 11.3. The van der Waals surface area contributed by atoms with Crippen LogP contribution in [0, 0.1) is 0 Å². The van der Waals surface area contributed by atoms with Gasteiger partial charge in [0.05, 0.1) is 14.2 Å². The highest BCUT2D eigenvalue weighted by Crippen LogP contribution is 2.10. The maximum Gasteiger partial charge on any atom is 0.507 e. The van der Waals surface area contributed by atoms with Crippen LogP contribution in [0.25, 0.3) is 0 Å². The van der Waals surface area contributed by atoms with E-state index in [1.807, 2.05) is 0 Å². The topological polar surface area (TPSA) is 27.7 Å². The Morgan fingerprint density at radius 1 is 0.706 bits per heavy atom. The maximum absolute atomic E-state index is 5.38. The second-order valence-corrected chi connectivity index (χ2v) is 5.50. The summed E-state index contributed by atoms with van der Waals surface area (Å²) < 4.78 is 15.3. The first-order valence-electron chi connectivity index (χ1n) is 6.81. The summed E-state index contributed by atoms with van der Waals surface area (Å²) >= 11 is -0.751. The van der Waals surface area contributed by atoms with E-state index in [4.69, 9.17) is 12.5 Å². The fourth-order valence-electron chi connectivity index (χ4n) is 1.70. The summed E-state index contributed by atoms with van der Waals surface area (Å²) in [5, 5.41) is 0. The van der Waals surface area contributed by atoms with E-state index in [9.17, 15) is 0 Å². The molecule has 0 aromatic rings. The Kier molecular flexibility index (Phi) is 14.5. The summed E-state index contributed by atoms with van der Waals surface area (Å²) in [5.74, 6) is 0. The molecule has 17 heavy (non-hydrogen) atoms. The monoisotopic (exact) mass is 265 g/mol. The van der Waals surface area contributed by atoms with E-state index in [1.54, 1.807) is 14.2 Å². The third-order valence-electron chi connectivity index (χ3n) is 2.70. The van der Waals surface area contributed by atoms with Gasteiger partial charge in [-0.2, -0.15) is 0 Å². The minimum Gasteiger partial charge on any atom is -0.112 e. The molecule has 0 spiro atoms. The molecule has 0 aliphatic heterocycles. The van der Waals surface area contributed by atoms with Gasteiger partial charge in [0.15, 0.2) is 0 Å². The first kappa shape index (κ1) is 17.2. The van der Waals surface area contributed by atoms with Crippen LogP contribution in [0.2, 0.25) is 0 Å². The van der Waals surface area contributed by atoms with Gasteiger partial charge in [-0.1, -0.05) is 58.3 Å². The van der Waals surface area contributed by atoms with Gasteiger partial charge in [-0.15, -0.1) is 12.5 Å². The summed E-state index contributed by atoms with van der Waals surface area (Å²) in [6.07, 6.45) is 12.0. The molecule has 3 nitrogen and oxygen atoms in total. The van der Waals surface area contributed by atoms with Gasteiger partial charge < -0.3 is 0 Å². The van der Waals surface area contributed by atoms with Gasteiger partial charge in [0.25, 0.3) is 0 Å². The van der Waals surface area contributed by atoms with Crippen molar-refractivity contribution in [3.63, 3.8) is 0 Å². The Morgan fingerprint density at radius 3 is 1.65 bits per heavy atom. The number of hydrogen-bond donors (Lipinski definition) is 0. The summed E-state index contributed by atoms with van der Waals surface area (Å²) in [7, 11) is 3.20. The van der Waals surface area contributed by atoms with Gasteiger partial charge in [0, 0.05) is 0 Å². The predicted octanol–water partition coefficient (Wildman–Crippen LogP) is 4.19. The molecule has 0 bridgehead atoms. The lowest BCUT2D eigenvalue weighted by Gasteiger charge is -2.01. The maximum atomic E-state index is 5.38. The molecule has 0 N–H and O–H groups in total. The number of hydrogen-bond acceptors (Lipinski definition) is 3. The van der Waals surface area contributed by atoms with Gasteiger partial charge in [0.2, 0.25) is 0 Å². The molecule has 0 aromatic heterocycles. The van der Waals surface area contributed by atoms with E-state index in [2.05, 4.69) is 6.92 Å². The summed E-state index contributed by atoms with van der Waals surface area (Å²) in [5.41, 5.74) is 0. The van der Waals surface area contributed by atoms with E-state index in [0.717, 1.165) is 13.0 Å². The minimum atomic E-state index is -0.751. The fraction of sp³-hybridized carbons (Fsp3) is 1.00. The molecule has 0 aliphatic rings. The average molecular weight is 265 g/mol. The average Bonchev–Trinajstić information content (AvgIpc) is 2.36. The number of unbranched alkanes of at least 4 members (excludes halogenated alkanes) is 8. The molecule has 0 radical (unpaired) electrons. The SMILES string of the molecule is CCCCCCCCCCCO[S+](OC)OC. The Labute approximate surface area is 110 Å². The molecule has 0 rings (SSSR count). The second kappa shape index (κ2) is 14.3. The largest absolute Gasteiger partial charge is 0.507 e. The highest BCUT2D eigenvalue weighted by Gasteiger charge is 2.21. The molecule has 0 fully saturated rings. The first-order chi connectivity index (χ1) is 8.35. The highest BCUT2D eigenvalue weighted by atomic mass is 32.3. The van der Waals surface area contributed by atoms with E-state index < -0.39 is 11.7 Å². The zero-order chi connectivity index (χ0) is 12.8. The third-order valence-corrected chi connectivity index (χ3v) is 3.60. The Balaban J connectivity index is 3.03. The van der Waals surface area contributed by atoms with E-state index in [-0.39, 0.29) is 0 Å². The van der Waals surface area contributed by atoms with Crippen molar-refractivity contribution in [2.45, 2.75) is 64.7 Å². The van der Waals surface area contributed by atoms with Crippen molar-refractivity contribution < 1.29 is 12.5 Å². The lowest BCUT2D eigenvalue weighted by molar-refractivity contribution is 0.223. The van der Waals surface area contributed by atoms with Crippen LogP contribution in [0.15, 0.2) is 0 Å². The lowest BCUT2D eigenvalue weighted by atomic mass is 10.1. The van der Waals surface area contributed by atoms with Gasteiger partial charge in [0.1, 0.15) is 6.61 Å². The van der Waals surface area contributed by atoms with Crippen molar-refractivity contribution in [1.82, 2.24) is 0 Å². The van der Waals surface area contributed by atoms with Gasteiger partial charge in [-0.25, -0.2) is 0 Å². The van der Waals surface area contributed by atoms with Crippen LogP contribution >= 0.6 is 0 Å². The van der Waals surface area contributed by atoms with Crippen LogP contribution < -0.4 is 0 Å². The zero-order valence-electron chi connectivity index (χ0n) is 11.7. The van der Waals surface area contributed by atoms with Crippen LogP contribution in [0.4, 0.5) is 0 Å². The predicted molar refractivity (Wildman–Crippen MR) is 74.6 cm³/mol. The molecule has 0 atom stereocenters. The van der Waals surface area contributed by atoms with Crippen molar-refractivity contribution >= 4 is 11.7 Å². The smallest absolute Gasteiger partial charge is 0.112 e. The molecule has 0 amide bonds. The second-order valence-electron chi connectivity index (χ2n) is 4.19. The molecule has 0 heterocycles. The highest BCUT2D eigenvalue weighted by molar-refractivity contribution is 7.82. The van der Waals surface area contributed by atoms with Gasteiger partial charge >= 0.3 is 11.7 Å². The molecule has 4 heteroatoms. The van der Waals surface area contributed by atoms with Crippen LogP contribution in [-0.2, 0) is 24.3 Å². The van der Waals surface area contributed by atoms with Crippen molar-refractivity contribution in [3.05, 3.63) is 0 Å². The minimum absolute atomic E-state index is 0.737. The summed E-state index contributed by atoms with van der Waals surface area (Å²) in [6.45, 7) is 2.99. The Morgan fingerprint density at radius 2 is 1.18 bits per heavy atom. The van der Waals surface area contributed by atoms with Crippen LogP contribution in [-0.4, -0.2) is 20.8 Å². The van der Waals surface area contributed by atoms with E-state index >= 15 is 0 Å². The Bertz CT molecular complexity index is 141. The molecule has 0 aliphatic carbocycles. The Hall–Kier alpha value is 0.230. The molecule has 0 saturated heterocycles. The van der Waals surface area contributed by atoms with Crippen molar-refractivity contribution in [3.8, 4) is 0 Å². The van der Waals surface area contributed by atoms with Crippen molar-refractivity contribution in [2.24, 2.45) is 0 Å². The molecule has 0 unspecified atom stereocenters. The number of rotatable bonds is 13. The van der Waals surface area contributed by atoms with E-state index in [0.29, 0.717) is 0 Å². The molecular formula is C13H29O3S+. The summed E-state index contributed by atoms with van der Waals surface area (Å²) in [4.78, 5) is 0. The van der Waals surface area contributed by atoms with Crippen LogP contribution in [0.5, 0.6) is 0 Å². The van der Waals surface area contributed by atoms with Crippen molar-refractivity contribution in [2.75, 3.05) is 20.8 Å². The van der Waals surface area contributed by atoms with Gasteiger partial charge in [-0.3, -0.25) is 0 Å². The molecular weight excluding hydrogens is 236 g/mol. The molecule has 0 saturated carbocycles. The quantitative estimate of drug-likeness (QED) is 0.369. The van der Waals surface area contributed by atoms with Crippen LogP contribution in [0.3, 0.4) is 0 Å². The molecule has 104 valence electrons. The third kappa shape index (κ3) is 12.5. The molecule has 0 aromatic carbocycles. The zero-order valence-corrected chi connectivity index (χ0v) is 12.5. The van der Waals surface area contributed by atoms with E-state index in [1.165, 1.54) is 51.4 Å². The van der Waals surface area contributed by atoms with Crippen molar-refractivity contribution in [1.29, 1.82) is 0 Å². The standard InChI is InChI=1S/C13H29O3S/c1-4-5-6-7-8-9-10-11-12-13-16-17(14-2)15-3/h4-13H2,1-3H3/q+1.